The van der Waals surface area contributed by atoms with E-state index in [1.165, 1.54) is 5.01 Å². The first-order valence-corrected chi connectivity index (χ1v) is 6.34. The Morgan fingerprint density at radius 1 is 1.11 bits per heavy atom. The maximum atomic E-state index is 5.46. The van der Waals surface area contributed by atoms with Gasteiger partial charge in [0.2, 0.25) is 0 Å². The van der Waals surface area contributed by atoms with Crippen LogP contribution in [-0.4, -0.2) is 16.5 Å². The minimum Gasteiger partial charge on any atom is -0.330 e. The van der Waals surface area contributed by atoms with Gasteiger partial charge < -0.3 is 5.73 Å². The number of aryl methyl sites for hydroxylation is 1. The molecule has 0 bridgehead atoms. The lowest BCUT2D eigenvalue weighted by atomic mass is 10.2. The number of hydrogen-bond donors (Lipinski definition) is 1. The quantitative estimate of drug-likeness (QED) is 0.862. The molecule has 0 aliphatic carbocycles. The average molecular weight is 306 g/mol. The van der Waals surface area contributed by atoms with E-state index in [2.05, 4.69) is 15.3 Å². The van der Waals surface area contributed by atoms with Crippen LogP contribution in [0.4, 0.5) is 0 Å². The number of pyridine rings is 1. The highest BCUT2D eigenvalue weighted by Gasteiger charge is 2.04. The number of thiazole rings is 1. The third kappa shape index (κ3) is 4.90. The number of halogens is 2. The molecule has 18 heavy (non-hydrogen) atoms. The molecule has 6 heteroatoms. The predicted octanol–water partition coefficient (Wildman–Crippen LogP) is 3.33. The van der Waals surface area contributed by atoms with E-state index in [9.17, 15) is 0 Å². The molecule has 3 nitrogen and oxygen atoms in total. The summed E-state index contributed by atoms with van der Waals surface area (Å²) in [5, 5.41) is 3.24. The Kier molecular flexibility index (Phi) is 8.93. The van der Waals surface area contributed by atoms with Gasteiger partial charge in [0.05, 0.1) is 16.4 Å². The van der Waals surface area contributed by atoms with Crippen LogP contribution in [0.2, 0.25) is 0 Å². The third-order valence-electron chi connectivity index (χ3n) is 2.32. The molecule has 0 aliphatic heterocycles. The zero-order valence-corrected chi connectivity index (χ0v) is 12.4. The molecule has 0 atom stereocenters. The van der Waals surface area contributed by atoms with E-state index in [-0.39, 0.29) is 24.8 Å². The van der Waals surface area contributed by atoms with E-state index in [4.69, 9.17) is 5.73 Å². The van der Waals surface area contributed by atoms with Crippen LogP contribution in [0.15, 0.2) is 29.8 Å². The summed E-state index contributed by atoms with van der Waals surface area (Å²) < 4.78 is 0. The molecule has 0 spiro atoms. The summed E-state index contributed by atoms with van der Waals surface area (Å²) in [6, 6.07) is 5.88. The minimum atomic E-state index is 0. The van der Waals surface area contributed by atoms with E-state index in [1.54, 1.807) is 17.5 Å². The van der Waals surface area contributed by atoms with Crippen LogP contribution in [0.1, 0.15) is 17.8 Å². The highest BCUT2D eigenvalue weighted by Crippen LogP contribution is 2.20. The predicted molar refractivity (Wildman–Crippen MR) is 81.8 cm³/mol. The molecule has 0 fully saturated rings. The van der Waals surface area contributed by atoms with E-state index < -0.39 is 0 Å². The van der Waals surface area contributed by atoms with E-state index in [1.807, 2.05) is 18.2 Å². The van der Waals surface area contributed by atoms with Crippen LogP contribution >= 0.6 is 36.2 Å². The summed E-state index contributed by atoms with van der Waals surface area (Å²) in [5.41, 5.74) is 7.39. The lowest BCUT2D eigenvalue weighted by Gasteiger charge is -1.95. The Morgan fingerprint density at radius 2 is 1.94 bits per heavy atom. The topological polar surface area (TPSA) is 51.8 Å². The number of unbranched alkanes of at least 4 members (excludes halogenated alkanes) is 1. The maximum absolute atomic E-state index is 5.46. The smallest absolute Gasteiger partial charge is 0.0998 e. The first kappa shape index (κ1) is 17.3. The highest BCUT2D eigenvalue weighted by atomic mass is 35.5. The van der Waals surface area contributed by atoms with E-state index >= 15 is 0 Å². The molecule has 0 saturated heterocycles. The van der Waals surface area contributed by atoms with Gasteiger partial charge in [-0.25, -0.2) is 4.98 Å². The second kappa shape index (κ2) is 9.28. The van der Waals surface area contributed by atoms with Crippen molar-refractivity contribution >= 4 is 36.2 Å². The van der Waals surface area contributed by atoms with Gasteiger partial charge in [-0.1, -0.05) is 6.07 Å². The molecule has 0 unspecified atom stereocenters. The van der Waals surface area contributed by atoms with Gasteiger partial charge in [-0.2, -0.15) is 0 Å². The van der Waals surface area contributed by atoms with Crippen LogP contribution in [0.5, 0.6) is 0 Å². The van der Waals surface area contributed by atoms with Crippen molar-refractivity contribution in [3.63, 3.8) is 0 Å². The Hall–Kier alpha value is -0.680. The maximum Gasteiger partial charge on any atom is 0.0998 e. The Morgan fingerprint density at radius 3 is 2.61 bits per heavy atom. The minimum absolute atomic E-state index is 0. The Balaban J connectivity index is 0.00000144. The van der Waals surface area contributed by atoms with Crippen molar-refractivity contribution in [3.8, 4) is 11.4 Å². The van der Waals surface area contributed by atoms with Crippen molar-refractivity contribution in [2.75, 3.05) is 6.54 Å². The average Bonchev–Trinajstić information content (AvgIpc) is 2.79. The fraction of sp³-hybridized carbons (Fsp3) is 0.333. The van der Waals surface area contributed by atoms with Gasteiger partial charge in [0.1, 0.15) is 0 Å². The summed E-state index contributed by atoms with van der Waals surface area (Å²) in [7, 11) is 0. The van der Waals surface area contributed by atoms with Crippen molar-refractivity contribution in [1.29, 1.82) is 0 Å². The summed E-state index contributed by atoms with van der Waals surface area (Å²) in [6.45, 7) is 0.762. The first-order chi connectivity index (χ1) is 7.90. The number of nitrogens with zero attached hydrogens (tertiary/aromatic N) is 2. The molecule has 0 aromatic carbocycles. The highest BCUT2D eigenvalue weighted by molar-refractivity contribution is 7.09. The molecule has 100 valence electrons. The first-order valence-electron chi connectivity index (χ1n) is 5.46. The number of aromatic nitrogens is 2. The molecule has 2 aromatic heterocycles. The fourth-order valence-electron chi connectivity index (χ4n) is 1.48. The summed E-state index contributed by atoms with van der Waals surface area (Å²) >= 11 is 1.70. The second-order valence-corrected chi connectivity index (χ2v) is 4.53. The second-order valence-electron chi connectivity index (χ2n) is 3.59. The zero-order valence-electron chi connectivity index (χ0n) is 9.91. The monoisotopic (exact) mass is 305 g/mol. The Labute approximate surface area is 124 Å². The summed E-state index contributed by atoms with van der Waals surface area (Å²) in [4.78, 5) is 8.85. The van der Waals surface area contributed by atoms with Crippen LogP contribution in [-0.2, 0) is 6.42 Å². The molecule has 2 N–H and O–H groups in total. The molecular weight excluding hydrogens is 289 g/mol. The standard InChI is InChI=1S/C12H15N3S.2ClH/c13-7-3-1-6-12-15-11(9-16-12)10-5-2-4-8-14-10;;/h2,4-5,8-9H,1,3,6-7,13H2;2*1H. The summed E-state index contributed by atoms with van der Waals surface area (Å²) in [5.74, 6) is 0. The van der Waals surface area contributed by atoms with Crippen molar-refractivity contribution < 1.29 is 0 Å². The number of hydrogen-bond acceptors (Lipinski definition) is 4. The van der Waals surface area contributed by atoms with Crippen LogP contribution in [0.25, 0.3) is 11.4 Å². The number of nitrogens with two attached hydrogens (primary N) is 1. The van der Waals surface area contributed by atoms with Gasteiger partial charge >= 0.3 is 0 Å². The molecule has 0 aliphatic rings. The fourth-order valence-corrected chi connectivity index (χ4v) is 2.31. The SMILES string of the molecule is Cl.Cl.NCCCCc1nc(-c2ccccn2)cs1. The lowest BCUT2D eigenvalue weighted by Crippen LogP contribution is -1.98. The van der Waals surface area contributed by atoms with Crippen molar-refractivity contribution in [1.82, 2.24) is 9.97 Å². The normalized spacial score (nSPS) is 9.39. The van der Waals surface area contributed by atoms with Gasteiger partial charge in [0, 0.05) is 11.6 Å². The molecule has 2 aromatic rings. The van der Waals surface area contributed by atoms with Gasteiger partial charge in [0.15, 0.2) is 0 Å². The molecule has 0 radical (unpaired) electrons. The van der Waals surface area contributed by atoms with Gasteiger partial charge in [0.25, 0.3) is 0 Å². The van der Waals surface area contributed by atoms with Gasteiger partial charge in [-0.05, 0) is 37.9 Å². The molecule has 2 heterocycles. The van der Waals surface area contributed by atoms with Gasteiger partial charge in [-0.3, -0.25) is 4.98 Å². The van der Waals surface area contributed by atoms with Crippen molar-refractivity contribution in [3.05, 3.63) is 34.8 Å². The van der Waals surface area contributed by atoms with E-state index in [0.717, 1.165) is 37.2 Å². The molecule has 0 saturated carbocycles. The van der Waals surface area contributed by atoms with E-state index in [0.29, 0.717) is 0 Å². The van der Waals surface area contributed by atoms with Gasteiger partial charge in [-0.15, -0.1) is 36.2 Å². The summed E-state index contributed by atoms with van der Waals surface area (Å²) in [6.07, 6.45) is 5.00. The largest absolute Gasteiger partial charge is 0.330 e. The van der Waals surface area contributed by atoms with Crippen LogP contribution < -0.4 is 5.73 Å². The number of rotatable bonds is 5. The molecule has 2 rings (SSSR count). The van der Waals surface area contributed by atoms with Crippen LogP contribution in [0.3, 0.4) is 0 Å². The van der Waals surface area contributed by atoms with Crippen molar-refractivity contribution in [2.24, 2.45) is 5.73 Å². The lowest BCUT2D eigenvalue weighted by molar-refractivity contribution is 0.742. The Bertz CT molecular complexity index is 434. The molecule has 0 amide bonds. The van der Waals surface area contributed by atoms with Crippen molar-refractivity contribution in [2.45, 2.75) is 19.3 Å². The van der Waals surface area contributed by atoms with Crippen LogP contribution in [0, 0.1) is 0 Å². The third-order valence-corrected chi connectivity index (χ3v) is 3.23. The molecular formula is C12H17Cl2N3S. The zero-order chi connectivity index (χ0) is 11.2.